The molecule has 0 aliphatic heterocycles. The van der Waals surface area contributed by atoms with E-state index in [9.17, 15) is 18.0 Å². The standard InChI is InChI=1S/C14H9Br2F3N2O/c1-7-9(3-5-12(20-7)14(17,18)19)13(22)21-11-4-2-8(15)6-10(11)16/h2-6H,1H3,(H,21,22). The van der Waals surface area contributed by atoms with E-state index in [2.05, 4.69) is 42.2 Å². The van der Waals surface area contributed by atoms with Crippen molar-refractivity contribution in [2.75, 3.05) is 5.32 Å². The van der Waals surface area contributed by atoms with Crippen LogP contribution in [-0.4, -0.2) is 10.9 Å². The molecule has 0 fully saturated rings. The van der Waals surface area contributed by atoms with E-state index in [0.717, 1.165) is 16.6 Å². The number of hydrogen-bond donors (Lipinski definition) is 1. The first kappa shape index (κ1) is 17.0. The summed E-state index contributed by atoms with van der Waals surface area (Å²) in [6.45, 7) is 1.36. The first-order valence-corrected chi connectivity index (χ1v) is 7.58. The molecule has 1 N–H and O–H groups in total. The minimum absolute atomic E-state index is 0.0144. The van der Waals surface area contributed by atoms with Crippen LogP contribution in [0.4, 0.5) is 18.9 Å². The number of hydrogen-bond acceptors (Lipinski definition) is 2. The Bertz CT molecular complexity index is 733. The van der Waals surface area contributed by atoms with Gasteiger partial charge >= 0.3 is 6.18 Å². The highest BCUT2D eigenvalue weighted by atomic mass is 79.9. The van der Waals surface area contributed by atoms with Crippen molar-refractivity contribution >= 4 is 43.5 Å². The number of aryl methyl sites for hydroxylation is 1. The number of halogens is 5. The third-order valence-electron chi connectivity index (χ3n) is 2.80. The number of carbonyl (C=O) groups excluding carboxylic acids is 1. The van der Waals surface area contributed by atoms with Crippen molar-refractivity contribution in [3.8, 4) is 0 Å². The first-order valence-electron chi connectivity index (χ1n) is 5.99. The lowest BCUT2D eigenvalue weighted by Crippen LogP contribution is -2.16. The quantitative estimate of drug-likeness (QED) is 0.702. The molecule has 1 amide bonds. The van der Waals surface area contributed by atoms with E-state index in [4.69, 9.17) is 0 Å². The van der Waals surface area contributed by atoms with Crippen molar-refractivity contribution in [1.82, 2.24) is 4.98 Å². The van der Waals surface area contributed by atoms with Gasteiger partial charge in [0.2, 0.25) is 0 Å². The highest BCUT2D eigenvalue weighted by Crippen LogP contribution is 2.29. The highest BCUT2D eigenvalue weighted by molar-refractivity contribution is 9.11. The maximum Gasteiger partial charge on any atom is 0.433 e. The molecule has 2 rings (SSSR count). The molecule has 116 valence electrons. The maximum atomic E-state index is 12.6. The number of anilines is 1. The summed E-state index contributed by atoms with van der Waals surface area (Å²) in [7, 11) is 0. The monoisotopic (exact) mass is 436 g/mol. The van der Waals surface area contributed by atoms with Crippen molar-refractivity contribution in [1.29, 1.82) is 0 Å². The topological polar surface area (TPSA) is 42.0 Å². The average molecular weight is 438 g/mol. The number of alkyl halides is 3. The molecule has 0 aliphatic rings. The second kappa shape index (κ2) is 6.37. The number of nitrogens with zero attached hydrogens (tertiary/aromatic N) is 1. The Morgan fingerprint density at radius 1 is 1.18 bits per heavy atom. The minimum atomic E-state index is -4.53. The van der Waals surface area contributed by atoms with Crippen LogP contribution < -0.4 is 5.32 Å². The molecule has 0 bridgehead atoms. The molecule has 2 aromatic rings. The third kappa shape index (κ3) is 3.86. The summed E-state index contributed by atoms with van der Waals surface area (Å²) in [5.74, 6) is -0.526. The van der Waals surface area contributed by atoms with Crippen LogP contribution >= 0.6 is 31.9 Å². The number of pyridine rings is 1. The van der Waals surface area contributed by atoms with Gasteiger partial charge in [0.15, 0.2) is 0 Å². The van der Waals surface area contributed by atoms with E-state index >= 15 is 0 Å². The fourth-order valence-electron chi connectivity index (χ4n) is 1.74. The van der Waals surface area contributed by atoms with Gasteiger partial charge in [0.25, 0.3) is 5.91 Å². The first-order chi connectivity index (χ1) is 10.2. The van der Waals surface area contributed by atoms with E-state index < -0.39 is 17.8 Å². The molecule has 1 heterocycles. The highest BCUT2D eigenvalue weighted by Gasteiger charge is 2.33. The normalized spacial score (nSPS) is 11.4. The van der Waals surface area contributed by atoms with Crippen molar-refractivity contribution in [3.05, 3.63) is 56.2 Å². The summed E-state index contributed by atoms with van der Waals surface area (Å²) in [4.78, 5) is 15.6. The smallest absolute Gasteiger partial charge is 0.321 e. The Balaban J connectivity index is 2.26. The maximum absolute atomic E-state index is 12.6. The van der Waals surface area contributed by atoms with Crippen LogP contribution in [0, 0.1) is 6.92 Å². The van der Waals surface area contributed by atoms with Gasteiger partial charge in [-0.25, -0.2) is 4.98 Å². The Kier molecular flexibility index (Phi) is 4.91. The lowest BCUT2D eigenvalue weighted by Gasteiger charge is -2.11. The molecule has 0 atom stereocenters. The van der Waals surface area contributed by atoms with Gasteiger partial charge in [-0.05, 0) is 53.2 Å². The molecule has 0 unspecified atom stereocenters. The molecule has 1 aromatic heterocycles. The van der Waals surface area contributed by atoms with Crippen molar-refractivity contribution < 1.29 is 18.0 Å². The Hall–Kier alpha value is -1.41. The molecular weight excluding hydrogens is 429 g/mol. The third-order valence-corrected chi connectivity index (χ3v) is 3.95. The summed E-state index contributed by atoms with van der Waals surface area (Å²) in [5, 5.41) is 2.62. The fraction of sp³-hybridized carbons (Fsp3) is 0.143. The zero-order chi connectivity index (χ0) is 16.5. The number of amides is 1. The summed E-state index contributed by atoms with van der Waals surface area (Å²) >= 11 is 6.58. The van der Waals surface area contributed by atoms with Gasteiger partial charge in [-0.15, -0.1) is 0 Å². The van der Waals surface area contributed by atoms with Gasteiger partial charge in [-0.3, -0.25) is 4.79 Å². The molecule has 3 nitrogen and oxygen atoms in total. The lowest BCUT2D eigenvalue weighted by atomic mass is 10.1. The van der Waals surface area contributed by atoms with Gasteiger partial charge in [-0.2, -0.15) is 13.2 Å². The van der Waals surface area contributed by atoms with Crippen LogP contribution in [0.2, 0.25) is 0 Å². The van der Waals surface area contributed by atoms with E-state index in [0.29, 0.717) is 10.2 Å². The number of benzene rings is 1. The second-order valence-corrected chi connectivity index (χ2v) is 6.18. The Labute approximate surface area is 141 Å². The molecule has 0 spiro atoms. The Morgan fingerprint density at radius 3 is 2.41 bits per heavy atom. The predicted octanol–water partition coefficient (Wildman–Crippen LogP) is 5.19. The van der Waals surface area contributed by atoms with Gasteiger partial charge in [0.05, 0.1) is 16.9 Å². The van der Waals surface area contributed by atoms with Gasteiger partial charge in [0.1, 0.15) is 5.69 Å². The van der Waals surface area contributed by atoms with E-state index in [1.165, 1.54) is 6.92 Å². The number of nitrogens with one attached hydrogen (secondary N) is 1. The average Bonchev–Trinajstić information content (AvgIpc) is 2.40. The summed E-state index contributed by atoms with van der Waals surface area (Å²) in [5.41, 5.74) is -0.415. The van der Waals surface area contributed by atoms with Crippen LogP contribution in [-0.2, 0) is 6.18 Å². The van der Waals surface area contributed by atoms with Crippen molar-refractivity contribution in [3.63, 3.8) is 0 Å². The summed E-state index contributed by atoms with van der Waals surface area (Å²) in [6.07, 6.45) is -4.53. The zero-order valence-electron chi connectivity index (χ0n) is 11.1. The van der Waals surface area contributed by atoms with E-state index in [1.54, 1.807) is 18.2 Å². The predicted molar refractivity (Wildman–Crippen MR) is 83.8 cm³/mol. The molecule has 0 aliphatic carbocycles. The van der Waals surface area contributed by atoms with Crippen molar-refractivity contribution in [2.45, 2.75) is 13.1 Å². The van der Waals surface area contributed by atoms with Crippen LogP contribution in [0.25, 0.3) is 0 Å². The zero-order valence-corrected chi connectivity index (χ0v) is 14.3. The Morgan fingerprint density at radius 2 is 1.86 bits per heavy atom. The molecule has 0 radical (unpaired) electrons. The molecular formula is C14H9Br2F3N2O. The SMILES string of the molecule is Cc1nc(C(F)(F)F)ccc1C(=O)Nc1ccc(Br)cc1Br. The van der Waals surface area contributed by atoms with E-state index in [-0.39, 0.29) is 11.3 Å². The molecule has 0 saturated carbocycles. The van der Waals surface area contributed by atoms with Crippen LogP contribution in [0.15, 0.2) is 39.3 Å². The van der Waals surface area contributed by atoms with Crippen LogP contribution in [0.1, 0.15) is 21.7 Å². The van der Waals surface area contributed by atoms with Gasteiger partial charge < -0.3 is 5.32 Å². The number of carbonyl (C=O) groups is 1. The van der Waals surface area contributed by atoms with Crippen LogP contribution in [0.5, 0.6) is 0 Å². The minimum Gasteiger partial charge on any atom is -0.321 e. The lowest BCUT2D eigenvalue weighted by molar-refractivity contribution is -0.141. The fourth-order valence-corrected chi connectivity index (χ4v) is 2.89. The summed E-state index contributed by atoms with van der Waals surface area (Å²) in [6, 6.07) is 7.05. The van der Waals surface area contributed by atoms with Crippen molar-refractivity contribution in [2.24, 2.45) is 0 Å². The van der Waals surface area contributed by atoms with Gasteiger partial charge in [0, 0.05) is 8.95 Å². The molecule has 22 heavy (non-hydrogen) atoms. The molecule has 8 heteroatoms. The molecule has 1 aromatic carbocycles. The number of aromatic nitrogens is 1. The summed E-state index contributed by atoms with van der Waals surface area (Å²) < 4.78 is 39.2. The van der Waals surface area contributed by atoms with Crippen LogP contribution in [0.3, 0.4) is 0 Å². The van der Waals surface area contributed by atoms with E-state index in [1.807, 2.05) is 0 Å². The van der Waals surface area contributed by atoms with Gasteiger partial charge in [-0.1, -0.05) is 15.9 Å². The molecule has 0 saturated heterocycles. The largest absolute Gasteiger partial charge is 0.433 e. The second-order valence-electron chi connectivity index (χ2n) is 4.41. The number of rotatable bonds is 2.